The highest BCUT2D eigenvalue weighted by molar-refractivity contribution is 7.87. The predicted molar refractivity (Wildman–Crippen MR) is 66.6 cm³/mol. The van der Waals surface area contributed by atoms with E-state index in [9.17, 15) is 26.4 Å². The third-order valence-corrected chi connectivity index (χ3v) is 3.58. The molecule has 0 amide bonds. The number of carbonyl (C=O) groups excluding carboxylic acids is 1. The second-order valence-corrected chi connectivity index (χ2v) is 5.60. The van der Waals surface area contributed by atoms with Gasteiger partial charge < -0.3 is 4.74 Å². The van der Waals surface area contributed by atoms with Gasteiger partial charge >= 0.3 is 21.6 Å². The Bertz CT molecular complexity index is 568. The van der Waals surface area contributed by atoms with Crippen LogP contribution in [0.2, 0.25) is 0 Å². The second-order valence-electron chi connectivity index (χ2n) is 4.03. The highest BCUT2D eigenvalue weighted by Gasteiger charge is 2.49. The summed E-state index contributed by atoms with van der Waals surface area (Å²) in [5, 5.41) is 0. The summed E-state index contributed by atoms with van der Waals surface area (Å²) >= 11 is 0. The molecule has 0 aliphatic carbocycles. The first kappa shape index (κ1) is 17.4. The van der Waals surface area contributed by atoms with Crippen LogP contribution < -0.4 is 0 Å². The molecule has 0 heterocycles. The van der Waals surface area contributed by atoms with Crippen LogP contribution in [-0.4, -0.2) is 33.1 Å². The minimum absolute atomic E-state index is 0.161. The number of rotatable bonds is 6. The molecule has 1 aromatic rings. The zero-order chi connectivity index (χ0) is 16.1. The first-order chi connectivity index (χ1) is 9.67. The van der Waals surface area contributed by atoms with Crippen LogP contribution in [0, 0.1) is 0 Å². The van der Waals surface area contributed by atoms with E-state index < -0.39 is 27.7 Å². The van der Waals surface area contributed by atoms with Crippen LogP contribution >= 0.6 is 0 Å². The normalized spacial score (nSPS) is 13.7. The zero-order valence-electron chi connectivity index (χ0n) is 11.0. The van der Waals surface area contributed by atoms with Gasteiger partial charge in [0.05, 0.1) is 7.11 Å². The quantitative estimate of drug-likeness (QED) is 0.454. The number of alkyl halides is 3. The maximum absolute atomic E-state index is 12.3. The molecule has 0 aliphatic heterocycles. The number of carbonyl (C=O) groups is 1. The van der Waals surface area contributed by atoms with E-state index in [1.54, 1.807) is 30.3 Å². The molecule has 0 aliphatic rings. The molecule has 0 unspecified atom stereocenters. The Morgan fingerprint density at radius 3 is 2.29 bits per heavy atom. The van der Waals surface area contributed by atoms with Gasteiger partial charge in [-0.2, -0.15) is 21.6 Å². The lowest BCUT2D eigenvalue weighted by Gasteiger charge is -2.16. The molecule has 1 aromatic carbocycles. The van der Waals surface area contributed by atoms with Gasteiger partial charge in [0.1, 0.15) is 0 Å². The van der Waals surface area contributed by atoms with Crippen LogP contribution in [0.25, 0.3) is 0 Å². The number of benzene rings is 1. The number of methoxy groups -OCH3 is 1. The summed E-state index contributed by atoms with van der Waals surface area (Å²) in [5.74, 6) is -1.18. The smallest absolute Gasteiger partial charge is 0.467 e. The van der Waals surface area contributed by atoms with E-state index in [0.717, 1.165) is 12.7 Å². The van der Waals surface area contributed by atoms with Crippen LogP contribution in [0.15, 0.2) is 30.3 Å². The van der Waals surface area contributed by atoms with Crippen molar-refractivity contribution in [3.8, 4) is 0 Å². The Labute approximate surface area is 119 Å². The van der Waals surface area contributed by atoms with Crippen molar-refractivity contribution in [3.63, 3.8) is 0 Å². The van der Waals surface area contributed by atoms with Gasteiger partial charge in [-0.15, -0.1) is 0 Å². The molecule has 1 atom stereocenters. The lowest BCUT2D eigenvalue weighted by Crippen LogP contribution is -2.35. The van der Waals surface area contributed by atoms with Crippen molar-refractivity contribution in [2.75, 3.05) is 7.11 Å². The standard InChI is InChI=1S/C12H13F3O5S/c1-19-11(16)10(20-21(17,18)12(13,14)15)8-7-9-5-3-2-4-6-9/h2-6,10H,7-8H2,1H3/t10-/m0/s1. The van der Waals surface area contributed by atoms with Crippen molar-refractivity contribution >= 4 is 16.1 Å². The zero-order valence-corrected chi connectivity index (χ0v) is 11.8. The average molecular weight is 326 g/mol. The van der Waals surface area contributed by atoms with E-state index in [0.29, 0.717) is 0 Å². The van der Waals surface area contributed by atoms with E-state index in [-0.39, 0.29) is 12.8 Å². The van der Waals surface area contributed by atoms with Gasteiger partial charge in [0, 0.05) is 0 Å². The molecule has 0 fully saturated rings. The SMILES string of the molecule is COC(=O)[C@H](CCc1ccccc1)OS(=O)(=O)C(F)(F)F. The number of esters is 1. The summed E-state index contributed by atoms with van der Waals surface area (Å²) < 4.78 is 66.9. The molecule has 21 heavy (non-hydrogen) atoms. The van der Waals surface area contributed by atoms with Gasteiger partial charge in [-0.3, -0.25) is 0 Å². The summed E-state index contributed by atoms with van der Waals surface area (Å²) in [7, 11) is -4.93. The Morgan fingerprint density at radius 1 is 1.24 bits per heavy atom. The fourth-order valence-electron chi connectivity index (χ4n) is 1.49. The summed E-state index contributed by atoms with van der Waals surface area (Å²) in [6, 6.07) is 8.52. The topological polar surface area (TPSA) is 69.7 Å². The molecule has 0 radical (unpaired) electrons. The summed E-state index contributed by atoms with van der Waals surface area (Å²) in [4.78, 5) is 11.4. The first-order valence-electron chi connectivity index (χ1n) is 5.78. The molecule has 5 nitrogen and oxygen atoms in total. The van der Waals surface area contributed by atoms with Crippen LogP contribution in [0.1, 0.15) is 12.0 Å². The average Bonchev–Trinajstić information content (AvgIpc) is 2.42. The van der Waals surface area contributed by atoms with Gasteiger partial charge in [-0.25, -0.2) is 8.98 Å². The molecular formula is C12H13F3O5S. The van der Waals surface area contributed by atoms with Gasteiger partial charge in [0.25, 0.3) is 0 Å². The maximum Gasteiger partial charge on any atom is 0.523 e. The Balaban J connectivity index is 2.80. The molecule has 0 saturated carbocycles. The molecule has 1 rings (SSSR count). The van der Waals surface area contributed by atoms with E-state index >= 15 is 0 Å². The monoisotopic (exact) mass is 326 g/mol. The van der Waals surface area contributed by atoms with Crippen molar-refractivity contribution in [3.05, 3.63) is 35.9 Å². The molecule has 9 heteroatoms. The highest BCUT2D eigenvalue weighted by atomic mass is 32.2. The number of aryl methyl sites for hydroxylation is 1. The van der Waals surface area contributed by atoms with Crippen LogP contribution in [0.5, 0.6) is 0 Å². The van der Waals surface area contributed by atoms with Gasteiger partial charge in [0.15, 0.2) is 6.10 Å². The van der Waals surface area contributed by atoms with Gasteiger partial charge in [-0.05, 0) is 18.4 Å². The minimum atomic E-state index is -5.86. The fourth-order valence-corrected chi connectivity index (χ4v) is 2.08. The Kier molecular flexibility index (Phi) is 5.73. The van der Waals surface area contributed by atoms with E-state index in [2.05, 4.69) is 8.92 Å². The van der Waals surface area contributed by atoms with Crippen LogP contribution in [0.4, 0.5) is 13.2 Å². The number of hydrogen-bond acceptors (Lipinski definition) is 5. The van der Waals surface area contributed by atoms with E-state index in [4.69, 9.17) is 0 Å². The molecule has 0 bridgehead atoms. The second kappa shape index (κ2) is 6.90. The Morgan fingerprint density at radius 2 is 1.81 bits per heavy atom. The molecule has 118 valence electrons. The fraction of sp³-hybridized carbons (Fsp3) is 0.417. The predicted octanol–water partition coefficient (Wildman–Crippen LogP) is 2.03. The minimum Gasteiger partial charge on any atom is -0.467 e. The number of hydrogen-bond donors (Lipinski definition) is 0. The summed E-state index contributed by atoms with van der Waals surface area (Å²) in [5.41, 5.74) is -4.87. The van der Waals surface area contributed by atoms with Crippen molar-refractivity contribution < 1.29 is 35.3 Å². The molecule has 0 spiro atoms. The molecule has 0 N–H and O–H groups in total. The largest absolute Gasteiger partial charge is 0.523 e. The van der Waals surface area contributed by atoms with Crippen molar-refractivity contribution in [1.82, 2.24) is 0 Å². The summed E-state index contributed by atoms with van der Waals surface area (Å²) in [6.45, 7) is 0. The third-order valence-electron chi connectivity index (χ3n) is 2.53. The maximum atomic E-state index is 12.3. The van der Waals surface area contributed by atoms with Gasteiger partial charge in [0.2, 0.25) is 0 Å². The first-order valence-corrected chi connectivity index (χ1v) is 7.19. The van der Waals surface area contributed by atoms with Crippen molar-refractivity contribution in [2.45, 2.75) is 24.5 Å². The lowest BCUT2D eigenvalue weighted by atomic mass is 10.1. The number of halogens is 3. The van der Waals surface area contributed by atoms with Gasteiger partial charge in [-0.1, -0.05) is 30.3 Å². The molecular weight excluding hydrogens is 313 g/mol. The van der Waals surface area contributed by atoms with Crippen molar-refractivity contribution in [1.29, 1.82) is 0 Å². The lowest BCUT2D eigenvalue weighted by molar-refractivity contribution is -0.149. The van der Waals surface area contributed by atoms with Crippen LogP contribution in [-0.2, 0) is 30.3 Å². The van der Waals surface area contributed by atoms with E-state index in [1.165, 1.54) is 0 Å². The van der Waals surface area contributed by atoms with Crippen molar-refractivity contribution in [2.24, 2.45) is 0 Å². The molecule has 0 saturated heterocycles. The van der Waals surface area contributed by atoms with E-state index in [1.807, 2.05) is 0 Å². The summed E-state index contributed by atoms with van der Waals surface area (Å²) in [6.07, 6.45) is -1.94. The molecule has 0 aromatic heterocycles. The third kappa shape index (κ3) is 5.01. The van der Waals surface area contributed by atoms with Crippen LogP contribution in [0.3, 0.4) is 0 Å². The Hall–Kier alpha value is -1.61. The number of ether oxygens (including phenoxy) is 1. The highest BCUT2D eigenvalue weighted by Crippen LogP contribution is 2.26.